The van der Waals surface area contributed by atoms with Gasteiger partial charge in [0.25, 0.3) is 0 Å². The molecule has 14 aromatic rings. The fourth-order valence-electron chi connectivity index (χ4n) is 12.3. The first-order valence-electron chi connectivity index (χ1n) is 27.7. The second kappa shape index (κ2) is 20.6. The molecule has 0 aromatic heterocycles. The van der Waals surface area contributed by atoms with Gasteiger partial charge in [0.1, 0.15) is 0 Å². The van der Waals surface area contributed by atoms with Gasteiger partial charge in [0.2, 0.25) is 0 Å². The Morgan fingerprint density at radius 1 is 0.200 bits per heavy atom. The van der Waals surface area contributed by atoms with Crippen molar-refractivity contribution in [2.24, 2.45) is 0 Å². The van der Waals surface area contributed by atoms with E-state index in [0.29, 0.717) is 0 Å². The number of benzene rings is 14. The number of rotatable bonds is 12. The van der Waals surface area contributed by atoms with Crippen molar-refractivity contribution in [1.82, 2.24) is 0 Å². The fraction of sp³-hybridized carbons (Fsp3) is 0.0256. The highest BCUT2D eigenvalue weighted by Crippen LogP contribution is 2.52. The predicted octanol–water partition coefficient (Wildman–Crippen LogP) is 22.1. The molecule has 0 aliphatic rings. The molecule has 0 spiro atoms. The highest BCUT2D eigenvalue weighted by atomic mass is 15.2. The van der Waals surface area contributed by atoms with Crippen LogP contribution in [0.25, 0.3) is 99.1 Å². The van der Waals surface area contributed by atoms with Crippen molar-refractivity contribution in [2.75, 3.05) is 9.80 Å². The van der Waals surface area contributed by atoms with Crippen molar-refractivity contribution >= 4 is 66.4 Å². The van der Waals surface area contributed by atoms with E-state index in [1.165, 1.54) is 76.8 Å². The van der Waals surface area contributed by atoms with Gasteiger partial charge in [-0.3, -0.25) is 0 Å². The molecule has 80 heavy (non-hydrogen) atoms. The van der Waals surface area contributed by atoms with Crippen LogP contribution in [0.4, 0.5) is 34.1 Å². The Morgan fingerprint density at radius 2 is 0.512 bits per heavy atom. The van der Waals surface area contributed by atoms with Gasteiger partial charge in [-0.15, -0.1) is 0 Å². The lowest BCUT2D eigenvalue weighted by atomic mass is 9.90. The minimum absolute atomic E-state index is 1.10. The first-order chi connectivity index (χ1) is 39.6. The maximum Gasteiger partial charge on any atom is 0.0546 e. The average molecular weight is 1020 g/mol. The summed E-state index contributed by atoms with van der Waals surface area (Å²) in [5.41, 5.74) is 23.1. The van der Waals surface area contributed by atoms with E-state index >= 15 is 0 Å². The lowest BCUT2D eigenvalue weighted by molar-refractivity contribution is 1.26. The Balaban J connectivity index is 1.06. The van der Waals surface area contributed by atoms with E-state index in [0.717, 1.165) is 67.5 Å². The molecule has 0 radical (unpaired) electrons. The van der Waals surface area contributed by atoms with Gasteiger partial charge in [-0.05, 0) is 139 Å². The van der Waals surface area contributed by atoms with Crippen LogP contribution in [0.5, 0.6) is 0 Å². The van der Waals surface area contributed by atoms with E-state index in [-0.39, 0.29) is 0 Å². The highest BCUT2D eigenvalue weighted by molar-refractivity contribution is 6.28. The summed E-state index contributed by atoms with van der Waals surface area (Å²) >= 11 is 0. The SMILES string of the molecule is Cc1c(-c2ccccc2)cccc1N(c1cc(-c2ccccc2)ccc1-c1ccccc1)c1ccc2ccc3c(N(c4cc(-c5ccccc5)ccc4-c4ccccc4)c4cccc(-c5ccccc5)c4C)ccc4ccc1c2c43. The zero-order valence-electron chi connectivity index (χ0n) is 44.8. The number of hydrogen-bond acceptors (Lipinski definition) is 2. The summed E-state index contributed by atoms with van der Waals surface area (Å²) in [7, 11) is 0. The number of nitrogens with zero attached hydrogens (tertiary/aromatic N) is 2. The summed E-state index contributed by atoms with van der Waals surface area (Å²) in [6, 6.07) is 111. The molecule has 2 heteroatoms. The topological polar surface area (TPSA) is 6.48 Å². The van der Waals surface area contributed by atoms with Crippen LogP contribution in [-0.2, 0) is 0 Å². The maximum atomic E-state index is 2.55. The van der Waals surface area contributed by atoms with E-state index in [4.69, 9.17) is 0 Å². The maximum absolute atomic E-state index is 2.55. The summed E-state index contributed by atoms with van der Waals surface area (Å²) in [6.45, 7) is 4.58. The summed E-state index contributed by atoms with van der Waals surface area (Å²) in [6.07, 6.45) is 0. The molecule has 0 saturated heterocycles. The van der Waals surface area contributed by atoms with Crippen molar-refractivity contribution in [1.29, 1.82) is 0 Å². The molecule has 14 rings (SSSR count). The molecule has 378 valence electrons. The van der Waals surface area contributed by atoms with E-state index in [2.05, 4.69) is 327 Å². The molecule has 0 amide bonds. The van der Waals surface area contributed by atoms with E-state index in [1.807, 2.05) is 0 Å². The fourth-order valence-corrected chi connectivity index (χ4v) is 12.3. The van der Waals surface area contributed by atoms with E-state index in [1.54, 1.807) is 0 Å². The van der Waals surface area contributed by atoms with Gasteiger partial charge in [0.05, 0.1) is 22.7 Å². The van der Waals surface area contributed by atoms with Crippen LogP contribution in [0.1, 0.15) is 11.1 Å². The third-order valence-corrected chi connectivity index (χ3v) is 16.2. The molecule has 0 aliphatic carbocycles. The lowest BCUT2D eigenvalue weighted by Crippen LogP contribution is -2.14. The molecule has 2 nitrogen and oxygen atoms in total. The van der Waals surface area contributed by atoms with Gasteiger partial charge < -0.3 is 9.80 Å². The molecule has 0 aliphatic heterocycles. The van der Waals surface area contributed by atoms with Gasteiger partial charge in [0.15, 0.2) is 0 Å². The van der Waals surface area contributed by atoms with Gasteiger partial charge in [0, 0.05) is 33.3 Å². The van der Waals surface area contributed by atoms with Crippen LogP contribution < -0.4 is 9.80 Å². The van der Waals surface area contributed by atoms with Crippen LogP contribution in [0.2, 0.25) is 0 Å². The predicted molar refractivity (Wildman–Crippen MR) is 342 cm³/mol. The monoisotopic (exact) mass is 1020 g/mol. The molecular weight excluding hydrogens is 965 g/mol. The van der Waals surface area contributed by atoms with Crippen LogP contribution in [0, 0.1) is 13.8 Å². The third-order valence-electron chi connectivity index (χ3n) is 16.2. The van der Waals surface area contributed by atoms with E-state index in [9.17, 15) is 0 Å². The summed E-state index contributed by atoms with van der Waals surface area (Å²) in [5, 5.41) is 7.21. The zero-order valence-corrected chi connectivity index (χ0v) is 44.8. The minimum atomic E-state index is 1.10. The number of hydrogen-bond donors (Lipinski definition) is 0. The minimum Gasteiger partial charge on any atom is -0.309 e. The molecule has 0 saturated carbocycles. The first kappa shape index (κ1) is 48.1. The summed E-state index contributed by atoms with van der Waals surface area (Å²) in [4.78, 5) is 5.10. The lowest BCUT2D eigenvalue weighted by Gasteiger charge is -2.33. The standard InChI is InChI=1S/C78H56N2/c1-53-65(57-27-13-5-14-28-57)35-21-37-71(53)79(75-51-63(55-23-9-3-10-24-55)41-45-67(75)59-31-17-7-18-32-59)73-49-43-61-40-48-70-74(50-44-62-39-47-69(73)77(61)78(62)70)80(72-38-22-36-66(54(72)2)58-29-15-6-16-30-58)76-52-64(56-25-11-4-12-26-56)42-46-68(76)60-33-19-8-20-34-60/h3-52H,1-2H3. The van der Waals surface area contributed by atoms with Crippen molar-refractivity contribution < 1.29 is 0 Å². The third kappa shape index (κ3) is 8.55. The quantitative estimate of drug-likeness (QED) is 0.113. The van der Waals surface area contributed by atoms with Crippen molar-refractivity contribution in [3.8, 4) is 66.8 Å². The molecule has 0 unspecified atom stereocenters. The smallest absolute Gasteiger partial charge is 0.0546 e. The normalized spacial score (nSPS) is 11.4. The van der Waals surface area contributed by atoms with Crippen molar-refractivity contribution in [2.45, 2.75) is 13.8 Å². The molecule has 0 N–H and O–H groups in total. The highest BCUT2D eigenvalue weighted by Gasteiger charge is 2.27. The Morgan fingerprint density at radius 3 is 0.863 bits per heavy atom. The second-order valence-corrected chi connectivity index (χ2v) is 20.8. The van der Waals surface area contributed by atoms with Gasteiger partial charge in [-0.25, -0.2) is 0 Å². The average Bonchev–Trinajstić information content (AvgIpc) is 3.51. The van der Waals surface area contributed by atoms with Gasteiger partial charge in [-0.2, -0.15) is 0 Å². The zero-order chi connectivity index (χ0) is 53.5. The van der Waals surface area contributed by atoms with Gasteiger partial charge in [-0.1, -0.05) is 267 Å². The van der Waals surface area contributed by atoms with Crippen LogP contribution in [-0.4, -0.2) is 0 Å². The first-order valence-corrected chi connectivity index (χ1v) is 27.7. The Hall–Kier alpha value is -10.3. The Kier molecular flexibility index (Phi) is 12.4. The molecule has 0 fully saturated rings. The van der Waals surface area contributed by atoms with Crippen LogP contribution in [0.3, 0.4) is 0 Å². The molecule has 0 atom stereocenters. The summed E-state index contributed by atoms with van der Waals surface area (Å²) < 4.78 is 0. The van der Waals surface area contributed by atoms with Crippen molar-refractivity contribution in [3.05, 3.63) is 314 Å². The van der Waals surface area contributed by atoms with Gasteiger partial charge >= 0.3 is 0 Å². The molecule has 14 aromatic carbocycles. The number of anilines is 6. The Labute approximate surface area is 468 Å². The second-order valence-electron chi connectivity index (χ2n) is 20.8. The molecule has 0 bridgehead atoms. The van der Waals surface area contributed by atoms with Crippen LogP contribution in [0.15, 0.2) is 303 Å². The largest absolute Gasteiger partial charge is 0.309 e. The van der Waals surface area contributed by atoms with Crippen LogP contribution >= 0.6 is 0 Å². The van der Waals surface area contributed by atoms with E-state index < -0.39 is 0 Å². The van der Waals surface area contributed by atoms with Crippen molar-refractivity contribution in [3.63, 3.8) is 0 Å². The Bertz CT molecular complexity index is 4220. The molecule has 0 heterocycles. The summed E-state index contributed by atoms with van der Waals surface area (Å²) in [5.74, 6) is 0. The molecular formula is C78H56N2.